The molecule has 0 fully saturated rings. The van der Waals surface area contributed by atoms with Gasteiger partial charge in [-0.1, -0.05) is 60.7 Å². The summed E-state index contributed by atoms with van der Waals surface area (Å²) in [4.78, 5) is 27.9. The van der Waals surface area contributed by atoms with Gasteiger partial charge in [0, 0.05) is 12.1 Å². The highest BCUT2D eigenvalue weighted by molar-refractivity contribution is 5.98. The molecule has 0 atom stereocenters. The molecule has 4 rings (SSSR count). The van der Waals surface area contributed by atoms with Crippen LogP contribution in [-0.4, -0.2) is 46.7 Å². The third-order valence-corrected chi connectivity index (χ3v) is 6.31. The van der Waals surface area contributed by atoms with Gasteiger partial charge in [0.05, 0.1) is 31.5 Å². The third kappa shape index (κ3) is 5.89. The van der Waals surface area contributed by atoms with Crippen LogP contribution in [0.4, 0.5) is 5.82 Å². The second-order valence-electron chi connectivity index (χ2n) is 8.85. The average Bonchev–Trinajstić information content (AvgIpc) is 3.23. The van der Waals surface area contributed by atoms with Crippen LogP contribution < -0.4 is 10.1 Å². The minimum absolute atomic E-state index is 0.0578. The number of likely N-dealkylation sites (N-methyl/N-ethyl adjacent to an activating group) is 1. The van der Waals surface area contributed by atoms with E-state index in [9.17, 15) is 9.59 Å². The van der Waals surface area contributed by atoms with Crippen molar-refractivity contribution in [2.45, 2.75) is 27.2 Å². The van der Waals surface area contributed by atoms with Gasteiger partial charge < -0.3 is 15.0 Å². The molecule has 3 aromatic carbocycles. The molecule has 0 bridgehead atoms. The summed E-state index contributed by atoms with van der Waals surface area (Å²) in [6, 6.07) is 25.2. The molecule has 7 nitrogen and oxygen atoms in total. The van der Waals surface area contributed by atoms with Crippen LogP contribution in [0, 0.1) is 13.8 Å². The zero-order valence-corrected chi connectivity index (χ0v) is 21.7. The van der Waals surface area contributed by atoms with Gasteiger partial charge in [-0.05, 0) is 55.7 Å². The molecule has 1 heterocycles. The number of carbonyl (C=O) groups is 2. The number of nitrogens with zero attached hydrogens (tertiary/aromatic N) is 3. The quantitative estimate of drug-likeness (QED) is 0.346. The molecule has 7 heteroatoms. The monoisotopic (exact) mass is 496 g/mol. The molecular formula is C30H32N4O3. The maximum atomic E-state index is 13.3. The number of amides is 2. The first-order chi connectivity index (χ1) is 17.9. The molecular weight excluding hydrogens is 464 g/mol. The van der Waals surface area contributed by atoms with E-state index >= 15 is 0 Å². The second kappa shape index (κ2) is 11.6. The number of aryl methyl sites for hydroxylation is 2. The first-order valence-corrected chi connectivity index (χ1v) is 12.3. The summed E-state index contributed by atoms with van der Waals surface area (Å²) in [5.74, 6) is 0.922. The zero-order valence-electron chi connectivity index (χ0n) is 21.7. The fraction of sp³-hybridized carbons (Fsp3) is 0.233. The van der Waals surface area contributed by atoms with E-state index in [0.29, 0.717) is 12.4 Å². The minimum Gasteiger partial charge on any atom is -0.497 e. The standard InChI is InChI=1S/C30H32N4O3/c1-5-33(28(36)19-23-15-17-25(37-4)18-16-23)20-27(35)31-30-29(24-12-7-6-8-13-24)22(3)32-34(30)26-14-10-9-11-21(26)2/h6-18H,5,19-20H2,1-4H3,(H,31,35). The number of methoxy groups -OCH3 is 1. The summed E-state index contributed by atoms with van der Waals surface area (Å²) in [7, 11) is 1.60. The Morgan fingerprint density at radius 3 is 2.27 bits per heavy atom. The summed E-state index contributed by atoms with van der Waals surface area (Å²) >= 11 is 0. The molecule has 0 unspecified atom stereocenters. The van der Waals surface area contributed by atoms with Gasteiger partial charge in [-0.3, -0.25) is 9.59 Å². The topological polar surface area (TPSA) is 76.5 Å². The van der Waals surface area contributed by atoms with Crippen molar-refractivity contribution in [3.63, 3.8) is 0 Å². The van der Waals surface area contributed by atoms with E-state index in [-0.39, 0.29) is 24.8 Å². The number of para-hydroxylation sites is 1. The highest BCUT2D eigenvalue weighted by Gasteiger charge is 2.23. The molecule has 1 aromatic heterocycles. The van der Waals surface area contributed by atoms with Gasteiger partial charge in [0.15, 0.2) is 0 Å². The van der Waals surface area contributed by atoms with Gasteiger partial charge in [-0.25, -0.2) is 4.68 Å². The molecule has 0 aliphatic carbocycles. The van der Waals surface area contributed by atoms with Crippen LogP contribution in [-0.2, 0) is 16.0 Å². The van der Waals surface area contributed by atoms with E-state index < -0.39 is 0 Å². The lowest BCUT2D eigenvalue weighted by atomic mass is 10.1. The third-order valence-electron chi connectivity index (χ3n) is 6.31. The van der Waals surface area contributed by atoms with Crippen molar-refractivity contribution in [2.75, 3.05) is 25.5 Å². The molecule has 0 saturated heterocycles. The van der Waals surface area contributed by atoms with E-state index in [2.05, 4.69) is 5.32 Å². The van der Waals surface area contributed by atoms with E-state index in [0.717, 1.165) is 39.4 Å². The highest BCUT2D eigenvalue weighted by Crippen LogP contribution is 2.34. The SMILES string of the molecule is CCN(CC(=O)Nc1c(-c2ccccc2)c(C)nn1-c1ccccc1C)C(=O)Cc1ccc(OC)cc1. The average molecular weight is 497 g/mol. The Labute approximate surface area is 217 Å². The first kappa shape index (κ1) is 25.7. The van der Waals surface area contributed by atoms with Gasteiger partial charge in [0.1, 0.15) is 11.6 Å². The summed E-state index contributed by atoms with van der Waals surface area (Å²) in [6.07, 6.45) is 0.209. The maximum Gasteiger partial charge on any atom is 0.245 e. The molecule has 0 saturated carbocycles. The van der Waals surface area contributed by atoms with Crippen molar-refractivity contribution in [2.24, 2.45) is 0 Å². The smallest absolute Gasteiger partial charge is 0.245 e. The van der Waals surface area contributed by atoms with Crippen molar-refractivity contribution < 1.29 is 14.3 Å². The van der Waals surface area contributed by atoms with Crippen LogP contribution in [0.15, 0.2) is 78.9 Å². The van der Waals surface area contributed by atoms with E-state index in [1.54, 1.807) is 16.7 Å². The molecule has 1 N–H and O–H groups in total. The van der Waals surface area contributed by atoms with Crippen LogP contribution in [0.5, 0.6) is 5.75 Å². The van der Waals surface area contributed by atoms with Gasteiger partial charge in [0.25, 0.3) is 0 Å². The van der Waals surface area contributed by atoms with Crippen LogP contribution >= 0.6 is 0 Å². The predicted octanol–water partition coefficient (Wildman–Crippen LogP) is 5.19. The summed E-state index contributed by atoms with van der Waals surface area (Å²) < 4.78 is 6.97. The fourth-order valence-electron chi connectivity index (χ4n) is 4.32. The number of aromatic nitrogens is 2. The van der Waals surface area contributed by atoms with Crippen LogP contribution in [0.1, 0.15) is 23.7 Å². The lowest BCUT2D eigenvalue weighted by Gasteiger charge is -2.21. The number of hydrogen-bond acceptors (Lipinski definition) is 4. The van der Waals surface area contributed by atoms with Crippen molar-refractivity contribution in [1.82, 2.24) is 14.7 Å². The normalized spacial score (nSPS) is 10.7. The highest BCUT2D eigenvalue weighted by atomic mass is 16.5. The number of rotatable bonds is 9. The van der Waals surface area contributed by atoms with Gasteiger partial charge in [-0.2, -0.15) is 5.10 Å². The lowest BCUT2D eigenvalue weighted by Crippen LogP contribution is -2.39. The van der Waals surface area contributed by atoms with E-state index in [1.807, 2.05) is 99.6 Å². The molecule has 2 amide bonds. The van der Waals surface area contributed by atoms with Gasteiger partial charge >= 0.3 is 0 Å². The fourth-order valence-corrected chi connectivity index (χ4v) is 4.32. The van der Waals surface area contributed by atoms with Crippen molar-refractivity contribution in [1.29, 1.82) is 0 Å². The van der Waals surface area contributed by atoms with E-state index in [1.165, 1.54) is 0 Å². The largest absolute Gasteiger partial charge is 0.497 e. The van der Waals surface area contributed by atoms with Crippen LogP contribution in [0.3, 0.4) is 0 Å². The minimum atomic E-state index is -0.281. The van der Waals surface area contributed by atoms with E-state index in [4.69, 9.17) is 9.84 Å². The number of benzene rings is 3. The summed E-state index contributed by atoms with van der Waals surface area (Å²) in [6.45, 7) is 6.18. The molecule has 190 valence electrons. The molecule has 0 aliphatic heterocycles. The van der Waals surface area contributed by atoms with Crippen molar-refractivity contribution in [3.05, 3.63) is 95.7 Å². The number of anilines is 1. The number of hydrogen-bond donors (Lipinski definition) is 1. The Bertz CT molecular complexity index is 1380. The summed E-state index contributed by atoms with van der Waals surface area (Å²) in [5, 5.41) is 7.86. The second-order valence-corrected chi connectivity index (χ2v) is 8.85. The van der Waals surface area contributed by atoms with Crippen molar-refractivity contribution >= 4 is 17.6 Å². The molecule has 37 heavy (non-hydrogen) atoms. The Hall–Kier alpha value is -4.39. The van der Waals surface area contributed by atoms with Crippen LogP contribution in [0.25, 0.3) is 16.8 Å². The predicted molar refractivity (Wildman–Crippen MR) is 146 cm³/mol. The number of carbonyl (C=O) groups excluding carboxylic acids is 2. The Morgan fingerprint density at radius 2 is 1.62 bits per heavy atom. The van der Waals surface area contributed by atoms with Gasteiger partial charge in [-0.15, -0.1) is 0 Å². The number of ether oxygens (including phenoxy) is 1. The summed E-state index contributed by atoms with van der Waals surface area (Å²) in [5.41, 5.74) is 5.39. The first-order valence-electron chi connectivity index (χ1n) is 12.3. The molecule has 4 aromatic rings. The lowest BCUT2D eigenvalue weighted by molar-refractivity contribution is -0.133. The van der Waals surface area contributed by atoms with Crippen molar-refractivity contribution in [3.8, 4) is 22.6 Å². The maximum absolute atomic E-state index is 13.3. The Balaban J connectivity index is 1.59. The molecule has 0 radical (unpaired) electrons. The van der Waals surface area contributed by atoms with Gasteiger partial charge in [0.2, 0.25) is 11.8 Å². The zero-order chi connectivity index (χ0) is 26.4. The number of nitrogens with one attached hydrogen (secondary N) is 1. The van der Waals surface area contributed by atoms with Crippen LogP contribution in [0.2, 0.25) is 0 Å². The Kier molecular flexibility index (Phi) is 8.03. The molecule has 0 spiro atoms. The Morgan fingerprint density at radius 1 is 0.946 bits per heavy atom. The molecule has 0 aliphatic rings.